The van der Waals surface area contributed by atoms with Gasteiger partial charge in [0.25, 0.3) is 0 Å². The topological polar surface area (TPSA) is 27.7 Å². The third kappa shape index (κ3) is 2.60. The van der Waals surface area contributed by atoms with Crippen molar-refractivity contribution in [2.24, 2.45) is 0 Å². The van der Waals surface area contributed by atoms with Gasteiger partial charge in [-0.15, -0.1) is 0 Å². The Bertz CT molecular complexity index is 664. The summed E-state index contributed by atoms with van der Waals surface area (Å²) in [5, 5.41) is 0. The minimum absolute atomic E-state index is 0.314. The predicted octanol–water partition coefficient (Wildman–Crippen LogP) is 4.53. The molecule has 0 amide bonds. The van der Waals surface area contributed by atoms with Gasteiger partial charge in [0.05, 0.1) is 0 Å². The molecule has 2 aromatic carbocycles. The summed E-state index contributed by atoms with van der Waals surface area (Å²) in [6.45, 7) is 3.83. The molecule has 2 unspecified atom stereocenters. The van der Waals surface area contributed by atoms with E-state index in [-0.39, 0.29) is 6.10 Å². The van der Waals surface area contributed by atoms with E-state index in [0.29, 0.717) is 0 Å². The molecule has 2 atom stereocenters. The Kier molecular flexibility index (Phi) is 3.90. The standard InChI is InChI=1S/C19H20O3/c1-14-17(15-10-6-4-7-11-15)22-19(2,20-3)18(21-14)16-12-8-5-9-13-16/h4-13,18H,1-3H3. The second-order valence-electron chi connectivity index (χ2n) is 5.48. The van der Waals surface area contributed by atoms with Gasteiger partial charge in [-0.2, -0.15) is 0 Å². The number of ether oxygens (including phenoxy) is 3. The second-order valence-corrected chi connectivity index (χ2v) is 5.48. The SMILES string of the molecule is COC1(C)OC(c2ccccc2)=C(C)OC1c1ccccc1. The van der Waals surface area contributed by atoms with E-state index in [9.17, 15) is 0 Å². The molecule has 1 aliphatic rings. The van der Waals surface area contributed by atoms with Crippen LogP contribution in [0.4, 0.5) is 0 Å². The first-order valence-electron chi connectivity index (χ1n) is 7.36. The van der Waals surface area contributed by atoms with E-state index in [2.05, 4.69) is 0 Å². The number of hydrogen-bond donors (Lipinski definition) is 0. The van der Waals surface area contributed by atoms with E-state index in [0.717, 1.165) is 22.6 Å². The molecule has 0 aromatic heterocycles. The zero-order chi connectivity index (χ0) is 15.6. The van der Waals surface area contributed by atoms with Crippen molar-refractivity contribution in [1.29, 1.82) is 0 Å². The molecule has 0 saturated heterocycles. The summed E-state index contributed by atoms with van der Waals surface area (Å²) in [5.41, 5.74) is 2.01. The lowest BCUT2D eigenvalue weighted by atomic mass is 10.00. The summed E-state index contributed by atoms with van der Waals surface area (Å²) in [6.07, 6.45) is -0.314. The van der Waals surface area contributed by atoms with Crippen LogP contribution in [0.5, 0.6) is 0 Å². The smallest absolute Gasteiger partial charge is 0.249 e. The summed E-state index contributed by atoms with van der Waals surface area (Å²) in [6, 6.07) is 19.9. The first-order valence-corrected chi connectivity index (χ1v) is 7.36. The highest BCUT2D eigenvalue weighted by atomic mass is 16.7. The van der Waals surface area contributed by atoms with Gasteiger partial charge < -0.3 is 14.2 Å². The molecule has 114 valence electrons. The van der Waals surface area contributed by atoms with Crippen molar-refractivity contribution in [1.82, 2.24) is 0 Å². The Morgan fingerprint density at radius 3 is 2.14 bits per heavy atom. The van der Waals surface area contributed by atoms with Crippen LogP contribution in [0.15, 0.2) is 66.4 Å². The fourth-order valence-corrected chi connectivity index (χ4v) is 2.66. The predicted molar refractivity (Wildman–Crippen MR) is 85.8 cm³/mol. The number of benzene rings is 2. The average Bonchev–Trinajstić information content (AvgIpc) is 2.58. The number of hydrogen-bond acceptors (Lipinski definition) is 3. The van der Waals surface area contributed by atoms with Gasteiger partial charge in [-0.1, -0.05) is 60.7 Å². The lowest BCUT2D eigenvalue weighted by Gasteiger charge is -2.41. The van der Waals surface area contributed by atoms with Gasteiger partial charge in [0.2, 0.25) is 5.79 Å². The average molecular weight is 296 g/mol. The van der Waals surface area contributed by atoms with Crippen LogP contribution in [0.3, 0.4) is 0 Å². The molecule has 0 bridgehead atoms. The molecule has 0 N–H and O–H groups in total. The highest BCUT2D eigenvalue weighted by Crippen LogP contribution is 2.43. The van der Waals surface area contributed by atoms with Gasteiger partial charge in [0, 0.05) is 19.6 Å². The Balaban J connectivity index is 2.02. The van der Waals surface area contributed by atoms with E-state index in [1.807, 2.05) is 74.5 Å². The molecule has 22 heavy (non-hydrogen) atoms. The van der Waals surface area contributed by atoms with Crippen molar-refractivity contribution in [3.8, 4) is 0 Å². The summed E-state index contributed by atoms with van der Waals surface area (Å²) in [7, 11) is 1.64. The van der Waals surface area contributed by atoms with Crippen LogP contribution in [0.25, 0.3) is 5.76 Å². The molecule has 0 saturated carbocycles. The van der Waals surface area contributed by atoms with Gasteiger partial charge in [0.1, 0.15) is 5.76 Å². The molecular formula is C19H20O3. The van der Waals surface area contributed by atoms with Crippen LogP contribution in [0.2, 0.25) is 0 Å². The molecule has 2 aromatic rings. The fourth-order valence-electron chi connectivity index (χ4n) is 2.66. The first kappa shape index (κ1) is 14.7. The second kappa shape index (κ2) is 5.85. The Hall–Kier alpha value is -2.26. The monoisotopic (exact) mass is 296 g/mol. The molecular weight excluding hydrogens is 276 g/mol. The third-order valence-electron chi connectivity index (χ3n) is 3.94. The van der Waals surface area contributed by atoms with Crippen molar-refractivity contribution in [3.05, 3.63) is 77.5 Å². The van der Waals surface area contributed by atoms with Gasteiger partial charge in [-0.3, -0.25) is 0 Å². The highest BCUT2D eigenvalue weighted by molar-refractivity contribution is 5.62. The number of methoxy groups -OCH3 is 1. The van der Waals surface area contributed by atoms with Crippen LogP contribution < -0.4 is 0 Å². The largest absolute Gasteiger partial charge is 0.480 e. The quantitative estimate of drug-likeness (QED) is 0.833. The number of rotatable bonds is 3. The van der Waals surface area contributed by atoms with E-state index >= 15 is 0 Å². The zero-order valence-electron chi connectivity index (χ0n) is 13.1. The van der Waals surface area contributed by atoms with Gasteiger partial charge in [-0.25, -0.2) is 0 Å². The Morgan fingerprint density at radius 2 is 1.55 bits per heavy atom. The Labute approximate surface area is 131 Å². The van der Waals surface area contributed by atoms with Crippen LogP contribution in [-0.4, -0.2) is 12.9 Å². The molecule has 1 aliphatic heterocycles. The van der Waals surface area contributed by atoms with Crippen molar-refractivity contribution in [3.63, 3.8) is 0 Å². The third-order valence-corrected chi connectivity index (χ3v) is 3.94. The first-order chi connectivity index (χ1) is 10.6. The van der Waals surface area contributed by atoms with Crippen molar-refractivity contribution >= 4 is 5.76 Å². The van der Waals surface area contributed by atoms with Gasteiger partial charge >= 0.3 is 0 Å². The normalized spacial score (nSPS) is 24.6. The van der Waals surface area contributed by atoms with Crippen molar-refractivity contribution < 1.29 is 14.2 Å². The summed E-state index contributed by atoms with van der Waals surface area (Å²) in [4.78, 5) is 0. The van der Waals surface area contributed by atoms with Crippen molar-refractivity contribution in [2.75, 3.05) is 7.11 Å². The Morgan fingerprint density at radius 1 is 0.955 bits per heavy atom. The van der Waals surface area contributed by atoms with E-state index in [4.69, 9.17) is 14.2 Å². The molecule has 1 heterocycles. The van der Waals surface area contributed by atoms with Crippen LogP contribution >= 0.6 is 0 Å². The zero-order valence-corrected chi connectivity index (χ0v) is 13.1. The molecule has 0 fully saturated rings. The van der Waals surface area contributed by atoms with Crippen LogP contribution in [0.1, 0.15) is 31.1 Å². The maximum atomic E-state index is 6.22. The van der Waals surface area contributed by atoms with E-state index in [1.165, 1.54) is 0 Å². The van der Waals surface area contributed by atoms with Crippen LogP contribution in [-0.2, 0) is 14.2 Å². The minimum Gasteiger partial charge on any atom is -0.480 e. The summed E-state index contributed by atoms with van der Waals surface area (Å²) < 4.78 is 18.1. The fraction of sp³-hybridized carbons (Fsp3) is 0.263. The molecule has 0 aliphatic carbocycles. The molecule has 3 rings (SSSR count). The molecule has 0 radical (unpaired) electrons. The van der Waals surface area contributed by atoms with Crippen molar-refractivity contribution in [2.45, 2.75) is 25.7 Å². The van der Waals surface area contributed by atoms with Crippen LogP contribution in [0, 0.1) is 0 Å². The summed E-state index contributed by atoms with van der Waals surface area (Å²) >= 11 is 0. The molecule has 0 spiro atoms. The molecule has 3 nitrogen and oxygen atoms in total. The van der Waals surface area contributed by atoms with E-state index < -0.39 is 5.79 Å². The maximum absolute atomic E-state index is 6.22. The number of allylic oxidation sites excluding steroid dienone is 1. The van der Waals surface area contributed by atoms with Gasteiger partial charge in [0.15, 0.2) is 11.9 Å². The van der Waals surface area contributed by atoms with E-state index in [1.54, 1.807) is 7.11 Å². The lowest BCUT2D eigenvalue weighted by Crippen LogP contribution is -2.42. The minimum atomic E-state index is -0.883. The summed E-state index contributed by atoms with van der Waals surface area (Å²) in [5.74, 6) is 0.596. The maximum Gasteiger partial charge on any atom is 0.249 e. The highest BCUT2D eigenvalue weighted by Gasteiger charge is 2.44. The molecule has 3 heteroatoms. The lowest BCUT2D eigenvalue weighted by molar-refractivity contribution is -0.248. The van der Waals surface area contributed by atoms with Gasteiger partial charge in [-0.05, 0) is 12.5 Å².